The van der Waals surface area contributed by atoms with Gasteiger partial charge in [-0.05, 0) is 54.8 Å². The van der Waals surface area contributed by atoms with E-state index in [1.807, 2.05) is 36.4 Å². The van der Waals surface area contributed by atoms with Crippen molar-refractivity contribution in [3.63, 3.8) is 0 Å². The molecule has 21 heavy (non-hydrogen) atoms. The van der Waals surface area contributed by atoms with E-state index in [1.165, 1.54) is 0 Å². The van der Waals surface area contributed by atoms with E-state index in [-0.39, 0.29) is 6.04 Å². The van der Waals surface area contributed by atoms with Crippen molar-refractivity contribution in [1.82, 2.24) is 0 Å². The number of hydrogen-bond acceptors (Lipinski definition) is 3. The minimum atomic E-state index is -0.171. The highest BCUT2D eigenvalue weighted by atomic mass is 35.5. The zero-order valence-electron chi connectivity index (χ0n) is 11.7. The largest absolute Gasteiger partial charge is 0.492 e. The molecule has 1 fully saturated rings. The summed E-state index contributed by atoms with van der Waals surface area (Å²) in [4.78, 5) is 0. The van der Waals surface area contributed by atoms with Crippen LogP contribution < -0.4 is 15.2 Å². The topological polar surface area (TPSA) is 44.5 Å². The van der Waals surface area contributed by atoms with Gasteiger partial charge in [-0.15, -0.1) is 0 Å². The quantitative estimate of drug-likeness (QED) is 0.878. The van der Waals surface area contributed by atoms with Crippen LogP contribution in [0.25, 0.3) is 0 Å². The summed E-state index contributed by atoms with van der Waals surface area (Å²) in [5.74, 6) is 1.68. The first-order chi connectivity index (χ1) is 10.2. The van der Waals surface area contributed by atoms with Crippen LogP contribution in [0.1, 0.15) is 24.4 Å². The highest BCUT2D eigenvalue weighted by Crippen LogP contribution is 2.27. The summed E-state index contributed by atoms with van der Waals surface area (Å²) in [6.07, 6.45) is 2.74. The molecule has 1 aliphatic carbocycles. The fraction of sp³-hybridized carbons (Fsp3) is 0.294. The van der Waals surface area contributed by atoms with Gasteiger partial charge in [-0.3, -0.25) is 0 Å². The van der Waals surface area contributed by atoms with E-state index in [4.69, 9.17) is 26.8 Å². The number of ether oxygens (including phenoxy) is 2. The van der Waals surface area contributed by atoms with E-state index in [0.29, 0.717) is 17.7 Å². The predicted molar refractivity (Wildman–Crippen MR) is 84.0 cm³/mol. The minimum absolute atomic E-state index is 0.171. The van der Waals surface area contributed by atoms with Crippen molar-refractivity contribution in [3.8, 4) is 11.5 Å². The number of rotatable bonds is 6. The van der Waals surface area contributed by atoms with Gasteiger partial charge in [-0.2, -0.15) is 0 Å². The lowest BCUT2D eigenvalue weighted by Crippen LogP contribution is -2.18. The molecule has 0 spiro atoms. The molecule has 4 heteroatoms. The molecule has 1 aliphatic rings. The second-order valence-electron chi connectivity index (χ2n) is 5.26. The molecule has 2 aromatic rings. The summed E-state index contributed by atoms with van der Waals surface area (Å²) in [6.45, 7) is 0.421. The highest BCUT2D eigenvalue weighted by Gasteiger charge is 2.23. The molecule has 2 aromatic carbocycles. The molecule has 1 saturated carbocycles. The molecule has 0 aromatic heterocycles. The molecular formula is C17H18ClNO2. The lowest BCUT2D eigenvalue weighted by atomic mass is 10.1. The minimum Gasteiger partial charge on any atom is -0.492 e. The summed E-state index contributed by atoms with van der Waals surface area (Å²) in [7, 11) is 0. The molecule has 1 unspecified atom stereocenters. The van der Waals surface area contributed by atoms with Crippen LogP contribution in [0.5, 0.6) is 11.5 Å². The molecule has 0 heterocycles. The molecule has 2 N–H and O–H groups in total. The second kappa shape index (κ2) is 6.37. The Morgan fingerprint density at radius 3 is 2.24 bits per heavy atom. The normalized spacial score (nSPS) is 15.5. The summed E-state index contributed by atoms with van der Waals surface area (Å²) >= 11 is 5.83. The predicted octanol–water partition coefficient (Wildman–Crippen LogP) is 3.96. The van der Waals surface area contributed by atoms with Gasteiger partial charge in [-0.1, -0.05) is 23.7 Å². The Morgan fingerprint density at radius 2 is 1.62 bits per heavy atom. The van der Waals surface area contributed by atoms with Crippen LogP contribution in [0.2, 0.25) is 5.02 Å². The monoisotopic (exact) mass is 303 g/mol. The van der Waals surface area contributed by atoms with Crippen LogP contribution in [0.4, 0.5) is 0 Å². The summed E-state index contributed by atoms with van der Waals surface area (Å²) in [5.41, 5.74) is 7.18. The third kappa shape index (κ3) is 4.13. The molecule has 0 aliphatic heterocycles. The number of hydrogen-bond donors (Lipinski definition) is 1. The van der Waals surface area contributed by atoms with Crippen molar-refractivity contribution >= 4 is 11.6 Å². The van der Waals surface area contributed by atoms with Crippen LogP contribution in [0.3, 0.4) is 0 Å². The van der Waals surface area contributed by atoms with Gasteiger partial charge in [-0.25, -0.2) is 0 Å². The van der Waals surface area contributed by atoms with Gasteiger partial charge in [0.2, 0.25) is 0 Å². The van der Waals surface area contributed by atoms with Crippen LogP contribution in [-0.2, 0) is 0 Å². The van der Waals surface area contributed by atoms with Crippen molar-refractivity contribution in [2.75, 3.05) is 6.61 Å². The fourth-order valence-corrected chi connectivity index (χ4v) is 2.11. The summed E-state index contributed by atoms with van der Waals surface area (Å²) in [5, 5.41) is 0.692. The standard InChI is InChI=1S/C17H18ClNO2/c18-13-3-7-14(8-4-13)20-11-17(19)12-1-5-15(6-2-12)21-16-9-10-16/h1-8,16-17H,9-11,19H2. The lowest BCUT2D eigenvalue weighted by Gasteiger charge is -2.14. The van der Waals surface area contributed by atoms with E-state index in [1.54, 1.807) is 12.1 Å². The first-order valence-corrected chi connectivity index (χ1v) is 7.49. The molecule has 3 rings (SSSR count). The Hall–Kier alpha value is -1.71. The van der Waals surface area contributed by atoms with Gasteiger partial charge in [0.1, 0.15) is 18.1 Å². The Labute approximate surface area is 129 Å². The average molecular weight is 304 g/mol. The van der Waals surface area contributed by atoms with Crippen molar-refractivity contribution < 1.29 is 9.47 Å². The fourth-order valence-electron chi connectivity index (χ4n) is 1.98. The molecule has 0 saturated heterocycles. The van der Waals surface area contributed by atoms with Crippen molar-refractivity contribution in [2.45, 2.75) is 25.0 Å². The number of nitrogens with two attached hydrogens (primary N) is 1. The van der Waals surface area contributed by atoms with Crippen molar-refractivity contribution in [2.24, 2.45) is 5.73 Å². The smallest absolute Gasteiger partial charge is 0.119 e. The van der Waals surface area contributed by atoms with Crippen molar-refractivity contribution in [3.05, 3.63) is 59.1 Å². The van der Waals surface area contributed by atoms with Crippen LogP contribution in [-0.4, -0.2) is 12.7 Å². The lowest BCUT2D eigenvalue weighted by molar-refractivity contribution is 0.289. The second-order valence-corrected chi connectivity index (χ2v) is 5.69. The van der Waals surface area contributed by atoms with Crippen LogP contribution in [0.15, 0.2) is 48.5 Å². The molecular weight excluding hydrogens is 286 g/mol. The molecule has 3 nitrogen and oxygen atoms in total. The summed E-state index contributed by atoms with van der Waals surface area (Å²) < 4.78 is 11.4. The maximum atomic E-state index is 6.14. The SMILES string of the molecule is NC(COc1ccc(Cl)cc1)c1ccc(OC2CC2)cc1. The van der Waals surface area contributed by atoms with Gasteiger partial charge in [0, 0.05) is 5.02 Å². The maximum absolute atomic E-state index is 6.14. The number of halogens is 1. The van der Waals surface area contributed by atoms with E-state index < -0.39 is 0 Å². The van der Waals surface area contributed by atoms with Gasteiger partial charge in [0.05, 0.1) is 12.1 Å². The molecule has 0 radical (unpaired) electrons. The van der Waals surface area contributed by atoms with Crippen molar-refractivity contribution in [1.29, 1.82) is 0 Å². The van der Waals surface area contributed by atoms with Gasteiger partial charge in [0.25, 0.3) is 0 Å². The maximum Gasteiger partial charge on any atom is 0.119 e. The average Bonchev–Trinajstić information content (AvgIpc) is 3.31. The molecule has 110 valence electrons. The van der Waals surface area contributed by atoms with Gasteiger partial charge < -0.3 is 15.2 Å². The van der Waals surface area contributed by atoms with Crippen LogP contribution in [0, 0.1) is 0 Å². The van der Waals surface area contributed by atoms with E-state index in [2.05, 4.69) is 0 Å². The summed E-state index contributed by atoms with van der Waals surface area (Å²) in [6, 6.07) is 15.0. The third-order valence-corrected chi connectivity index (χ3v) is 3.63. The Bertz CT molecular complexity index is 579. The Morgan fingerprint density at radius 1 is 1.00 bits per heavy atom. The number of benzene rings is 2. The Balaban J connectivity index is 1.54. The Kier molecular flexibility index (Phi) is 4.32. The zero-order chi connectivity index (χ0) is 14.7. The first kappa shape index (κ1) is 14.2. The molecule has 0 amide bonds. The molecule has 0 bridgehead atoms. The third-order valence-electron chi connectivity index (χ3n) is 3.38. The van der Waals surface area contributed by atoms with Gasteiger partial charge >= 0.3 is 0 Å². The first-order valence-electron chi connectivity index (χ1n) is 7.11. The van der Waals surface area contributed by atoms with E-state index in [0.717, 1.165) is 29.9 Å². The zero-order valence-corrected chi connectivity index (χ0v) is 12.4. The van der Waals surface area contributed by atoms with Crippen LogP contribution >= 0.6 is 11.6 Å². The van der Waals surface area contributed by atoms with Gasteiger partial charge in [0.15, 0.2) is 0 Å². The molecule has 1 atom stereocenters. The van der Waals surface area contributed by atoms with E-state index in [9.17, 15) is 0 Å². The highest BCUT2D eigenvalue weighted by molar-refractivity contribution is 6.30. The van der Waals surface area contributed by atoms with E-state index >= 15 is 0 Å².